The molecule has 0 saturated carbocycles. The summed E-state index contributed by atoms with van der Waals surface area (Å²) in [5.74, 6) is 1.41. The van der Waals surface area contributed by atoms with Gasteiger partial charge in [-0.05, 0) is 97.5 Å². The zero-order valence-corrected chi connectivity index (χ0v) is 43.7. The predicted octanol–water partition coefficient (Wildman–Crippen LogP) is 12.4. The monoisotopic (exact) mass is 1030 g/mol. The lowest BCUT2D eigenvalue weighted by molar-refractivity contribution is -0.905. The minimum Gasteiger partial charge on any atom is -0.744 e. The van der Waals surface area contributed by atoms with Crippen LogP contribution in [0.25, 0.3) is 12.2 Å². The number of anilines is 2. The van der Waals surface area contributed by atoms with Crippen molar-refractivity contribution in [2.45, 2.75) is 101 Å². The minimum absolute atomic E-state index is 0.00488. The average Bonchev–Trinajstić information content (AvgIpc) is 3.22. The smallest absolute Gasteiger partial charge is 0.223 e. The highest BCUT2D eigenvalue weighted by Crippen LogP contribution is 2.30. The number of unbranched alkanes of at least 4 members (excludes halogenated alkanes) is 10. The van der Waals surface area contributed by atoms with Gasteiger partial charge in [-0.1, -0.05) is 136 Å². The largest absolute Gasteiger partial charge is 0.744 e. The number of benzene rings is 4. The average molecular weight is 1040 g/mol. The van der Waals surface area contributed by atoms with Gasteiger partial charge in [-0.3, -0.25) is 8.97 Å². The minimum atomic E-state index is -4.79. The molecule has 4 N–H and O–H groups in total. The van der Waals surface area contributed by atoms with Crippen molar-refractivity contribution in [1.82, 2.24) is 0 Å². The van der Waals surface area contributed by atoms with Crippen molar-refractivity contribution < 1.29 is 44.4 Å². The Kier molecular flexibility index (Phi) is 25.8. The van der Waals surface area contributed by atoms with Gasteiger partial charge in [-0.2, -0.15) is 0 Å². The number of nitrogens with zero attached hydrogens (tertiary/aromatic N) is 2. The first-order chi connectivity index (χ1) is 30.9. The molecule has 12 nitrogen and oxygen atoms in total. The summed E-state index contributed by atoms with van der Waals surface area (Å²) in [5, 5.41) is 2.41. The molecule has 0 aliphatic rings. The highest BCUT2D eigenvalue weighted by molar-refractivity contribution is 7.86. The Morgan fingerprint density at radius 3 is 1.17 bits per heavy atom. The van der Waals surface area contributed by atoms with Crippen LogP contribution in [0, 0.1) is 0 Å². The van der Waals surface area contributed by atoms with Gasteiger partial charge < -0.3 is 30.0 Å². The van der Waals surface area contributed by atoms with E-state index >= 15 is 0 Å². The second-order valence-electron chi connectivity index (χ2n) is 17.4. The molecule has 0 saturated heterocycles. The Bertz CT molecular complexity index is 2200. The molecule has 0 aliphatic carbocycles. The zero-order chi connectivity index (χ0) is 49.6. The summed E-state index contributed by atoms with van der Waals surface area (Å²) in [4.78, 5) is -1.11. The van der Waals surface area contributed by atoms with Gasteiger partial charge in [0, 0.05) is 21.4 Å². The van der Waals surface area contributed by atoms with Crippen LogP contribution < -0.4 is 20.9 Å². The van der Waals surface area contributed by atoms with Crippen LogP contribution in [0.1, 0.15) is 102 Å². The van der Waals surface area contributed by atoms with Crippen LogP contribution in [0.15, 0.2) is 82.6 Å². The summed E-state index contributed by atoms with van der Waals surface area (Å²) in [6.45, 7) is 7.99. The first-order valence-electron chi connectivity index (χ1n) is 22.1. The van der Waals surface area contributed by atoms with Crippen LogP contribution in [-0.2, 0) is 20.2 Å². The van der Waals surface area contributed by atoms with Gasteiger partial charge in [0.05, 0.1) is 61.1 Å². The summed E-state index contributed by atoms with van der Waals surface area (Å²) in [7, 11) is -0.812. The summed E-state index contributed by atoms with van der Waals surface area (Å²) < 4.78 is 81.0. The van der Waals surface area contributed by atoms with E-state index in [1.165, 1.54) is 113 Å². The topological polar surface area (TPSA) is 185 Å². The standard InChI is InChI=1S/2C17H28Cl2NO.C14H14N2O6S2/c2*1-4-5-6-7-8-9-12-20(2,3)14-21-17-11-10-15(18)13-16(17)19;15-11-5-3-9(13(7-11)23(17,18)19)1-2-10-4-6-12(16)8-14(10)24(20,21)22/h2*10-11,13H,4-9,12,14H2,1-3H3;1-8H,15-16H2,(H,17,18,19)(H,20,21,22)/q2*+1;/p-2. The number of hydrogen-bond donors (Lipinski definition) is 2. The van der Waals surface area contributed by atoms with E-state index in [-0.39, 0.29) is 22.5 Å². The molecule has 4 aromatic rings. The molecule has 0 aromatic heterocycles. The molecule has 0 unspecified atom stereocenters. The van der Waals surface area contributed by atoms with E-state index < -0.39 is 30.0 Å². The number of nitrogens with two attached hydrogens (primary N) is 2. The lowest BCUT2D eigenvalue weighted by Gasteiger charge is -2.29. The van der Waals surface area contributed by atoms with Gasteiger partial charge in [0.15, 0.2) is 0 Å². The second-order valence-corrected chi connectivity index (χ2v) is 21.8. The maximum atomic E-state index is 11.3. The molecule has 0 aliphatic heterocycles. The normalized spacial score (nSPS) is 12.0. The number of rotatable bonds is 24. The fourth-order valence-corrected chi connectivity index (χ4v) is 8.77. The Hall–Kier alpha value is -3.28. The van der Waals surface area contributed by atoms with E-state index in [2.05, 4.69) is 42.0 Å². The van der Waals surface area contributed by atoms with Crippen LogP contribution in [-0.4, -0.2) is 89.6 Å². The molecule has 18 heteroatoms. The van der Waals surface area contributed by atoms with E-state index in [9.17, 15) is 25.9 Å². The second kappa shape index (κ2) is 28.9. The number of nitrogen functional groups attached to an aromatic ring is 2. The highest BCUT2D eigenvalue weighted by atomic mass is 35.5. The van der Waals surface area contributed by atoms with Gasteiger partial charge in [-0.15, -0.1) is 0 Å². The summed E-state index contributed by atoms with van der Waals surface area (Å²) in [6, 6.07) is 18.0. The summed E-state index contributed by atoms with van der Waals surface area (Å²) in [5.41, 5.74) is 11.1. The molecule has 0 fully saturated rings. The van der Waals surface area contributed by atoms with Crippen molar-refractivity contribution in [1.29, 1.82) is 0 Å². The quantitative estimate of drug-likeness (QED) is 0.0171. The molecule has 0 spiro atoms. The molecule has 0 heterocycles. The van der Waals surface area contributed by atoms with E-state index in [1.54, 1.807) is 24.3 Å². The maximum absolute atomic E-state index is 11.3. The van der Waals surface area contributed by atoms with Gasteiger partial charge in [-0.25, -0.2) is 16.8 Å². The molecule has 0 radical (unpaired) electrons. The predicted molar refractivity (Wildman–Crippen MR) is 271 cm³/mol. The maximum Gasteiger partial charge on any atom is 0.223 e. The van der Waals surface area contributed by atoms with E-state index in [0.29, 0.717) is 45.1 Å². The lowest BCUT2D eigenvalue weighted by atomic mass is 10.1. The highest BCUT2D eigenvalue weighted by Gasteiger charge is 2.18. The van der Waals surface area contributed by atoms with Gasteiger partial charge >= 0.3 is 0 Å². The van der Waals surface area contributed by atoms with E-state index in [1.807, 2.05) is 12.1 Å². The van der Waals surface area contributed by atoms with Gasteiger partial charge in [0.1, 0.15) is 31.7 Å². The van der Waals surface area contributed by atoms with Crippen molar-refractivity contribution in [3.05, 3.63) is 104 Å². The molecule has 0 bridgehead atoms. The Morgan fingerprint density at radius 1 is 0.515 bits per heavy atom. The third kappa shape index (κ3) is 23.6. The summed E-state index contributed by atoms with van der Waals surface area (Å²) >= 11 is 24.0. The number of quaternary nitrogens is 2. The SMILES string of the molecule is CCCCCCCC[N+](C)(C)COc1ccc(Cl)cc1Cl.CCCCCCCC[N+](C)(C)COc1ccc(Cl)cc1Cl.Nc1ccc(C=Cc2ccc(N)cc2S(=O)(=O)[O-])c(S(=O)(=O)[O-])c1. The first kappa shape index (κ1) is 58.8. The van der Waals surface area contributed by atoms with Gasteiger partial charge in [0.25, 0.3) is 0 Å². The number of ether oxygens (including phenoxy) is 2. The van der Waals surface area contributed by atoms with Crippen molar-refractivity contribution in [2.24, 2.45) is 0 Å². The van der Waals surface area contributed by atoms with Gasteiger partial charge in [0.2, 0.25) is 13.5 Å². The van der Waals surface area contributed by atoms with Crippen LogP contribution >= 0.6 is 46.4 Å². The first-order valence-corrected chi connectivity index (χ1v) is 26.4. The fourth-order valence-electron chi connectivity index (χ4n) is 6.43. The van der Waals surface area contributed by atoms with E-state index in [4.69, 9.17) is 67.3 Å². The molecular formula is C48H68Cl4N4O8S2. The third-order valence-electron chi connectivity index (χ3n) is 10.2. The fraction of sp³-hybridized carbons (Fsp3) is 0.458. The summed E-state index contributed by atoms with van der Waals surface area (Å²) in [6.07, 6.45) is 18.2. The van der Waals surface area contributed by atoms with Crippen molar-refractivity contribution >= 4 is 90.2 Å². The molecule has 0 atom stereocenters. The molecule has 4 aromatic carbocycles. The molecule has 4 rings (SSSR count). The molecule has 0 amide bonds. The van der Waals surface area contributed by atoms with Crippen LogP contribution in [0.3, 0.4) is 0 Å². The van der Waals surface area contributed by atoms with Crippen LogP contribution in [0.2, 0.25) is 20.1 Å². The Morgan fingerprint density at radius 2 is 0.848 bits per heavy atom. The molecule has 368 valence electrons. The van der Waals surface area contributed by atoms with Crippen LogP contribution in [0.4, 0.5) is 11.4 Å². The van der Waals surface area contributed by atoms with E-state index in [0.717, 1.165) is 34.2 Å². The van der Waals surface area contributed by atoms with Crippen LogP contribution in [0.5, 0.6) is 11.5 Å². The Balaban J connectivity index is 0.000000341. The van der Waals surface area contributed by atoms with Crippen molar-refractivity contribution in [3.8, 4) is 11.5 Å². The lowest BCUT2D eigenvalue weighted by Crippen LogP contribution is -2.43. The Labute approximate surface area is 414 Å². The number of hydrogen-bond acceptors (Lipinski definition) is 10. The van der Waals surface area contributed by atoms with Crippen molar-refractivity contribution in [3.63, 3.8) is 0 Å². The van der Waals surface area contributed by atoms with Crippen molar-refractivity contribution in [2.75, 3.05) is 66.2 Å². The molecule has 66 heavy (non-hydrogen) atoms. The molecular weight excluding hydrogens is 966 g/mol. The number of halogens is 4. The zero-order valence-electron chi connectivity index (χ0n) is 39.0. The third-order valence-corrected chi connectivity index (χ3v) is 13.1.